The number of hydrogen-bond donors (Lipinski definition) is 0. The van der Waals surface area contributed by atoms with Gasteiger partial charge in [0.2, 0.25) is 0 Å². The quantitative estimate of drug-likeness (QED) is 0.715. The highest BCUT2D eigenvalue weighted by atomic mass is 16.5. The number of ether oxygens (including phenoxy) is 2. The lowest BCUT2D eigenvalue weighted by Gasteiger charge is -2.27. The first-order valence-electron chi connectivity index (χ1n) is 5.28. The van der Waals surface area contributed by atoms with Crippen molar-refractivity contribution >= 4 is 0 Å². The molecule has 2 heteroatoms. The SMILES string of the molecule is COCC(C)(CCc1ccccc1)OC. The van der Waals surface area contributed by atoms with Crippen molar-refractivity contribution in [2.75, 3.05) is 20.8 Å². The van der Waals surface area contributed by atoms with Crippen LogP contribution < -0.4 is 0 Å². The Hall–Kier alpha value is -0.860. The van der Waals surface area contributed by atoms with Crippen molar-refractivity contribution in [2.24, 2.45) is 0 Å². The molecule has 15 heavy (non-hydrogen) atoms. The van der Waals surface area contributed by atoms with E-state index in [0.717, 1.165) is 12.8 Å². The van der Waals surface area contributed by atoms with Gasteiger partial charge in [0.05, 0.1) is 12.2 Å². The number of methoxy groups -OCH3 is 2. The van der Waals surface area contributed by atoms with Crippen LogP contribution in [0, 0.1) is 0 Å². The fraction of sp³-hybridized carbons (Fsp3) is 0.538. The first-order valence-corrected chi connectivity index (χ1v) is 5.28. The average molecular weight is 208 g/mol. The minimum atomic E-state index is -0.176. The Morgan fingerprint density at radius 2 is 1.80 bits per heavy atom. The molecule has 1 rings (SSSR count). The largest absolute Gasteiger partial charge is 0.382 e. The monoisotopic (exact) mass is 208 g/mol. The molecule has 0 radical (unpaired) electrons. The molecule has 0 aliphatic carbocycles. The second kappa shape index (κ2) is 5.89. The maximum absolute atomic E-state index is 5.47. The topological polar surface area (TPSA) is 18.5 Å². The van der Waals surface area contributed by atoms with Crippen LogP contribution in [-0.4, -0.2) is 26.4 Å². The lowest BCUT2D eigenvalue weighted by molar-refractivity contribution is -0.0557. The summed E-state index contributed by atoms with van der Waals surface area (Å²) in [5.41, 5.74) is 1.17. The first-order chi connectivity index (χ1) is 7.20. The molecule has 1 atom stereocenters. The molecule has 0 spiro atoms. The van der Waals surface area contributed by atoms with Crippen LogP contribution in [0.25, 0.3) is 0 Å². The number of hydrogen-bond acceptors (Lipinski definition) is 2. The van der Waals surface area contributed by atoms with E-state index in [2.05, 4.69) is 31.2 Å². The van der Waals surface area contributed by atoms with Crippen molar-refractivity contribution < 1.29 is 9.47 Å². The highest BCUT2D eigenvalue weighted by Gasteiger charge is 2.22. The molecule has 0 fully saturated rings. The van der Waals surface area contributed by atoms with E-state index in [4.69, 9.17) is 9.47 Å². The summed E-state index contributed by atoms with van der Waals surface area (Å²) in [5.74, 6) is 0. The summed E-state index contributed by atoms with van der Waals surface area (Å²) < 4.78 is 10.6. The van der Waals surface area contributed by atoms with Gasteiger partial charge in [0.1, 0.15) is 0 Å². The van der Waals surface area contributed by atoms with Crippen LogP contribution in [-0.2, 0) is 15.9 Å². The van der Waals surface area contributed by atoms with E-state index >= 15 is 0 Å². The summed E-state index contributed by atoms with van der Waals surface area (Å²) in [7, 11) is 3.45. The summed E-state index contributed by atoms with van der Waals surface area (Å²) in [6, 6.07) is 10.4. The van der Waals surface area contributed by atoms with E-state index in [1.165, 1.54) is 5.56 Å². The second-order valence-corrected chi connectivity index (χ2v) is 4.07. The molecule has 0 N–H and O–H groups in total. The molecule has 2 nitrogen and oxygen atoms in total. The van der Waals surface area contributed by atoms with Crippen molar-refractivity contribution in [3.8, 4) is 0 Å². The molecule has 0 saturated heterocycles. The van der Waals surface area contributed by atoms with Gasteiger partial charge in [0, 0.05) is 14.2 Å². The van der Waals surface area contributed by atoms with Crippen molar-refractivity contribution in [1.29, 1.82) is 0 Å². The lowest BCUT2D eigenvalue weighted by atomic mass is 9.97. The molecule has 0 heterocycles. The Morgan fingerprint density at radius 3 is 2.33 bits per heavy atom. The first kappa shape index (κ1) is 12.2. The molecular weight excluding hydrogens is 188 g/mol. The second-order valence-electron chi connectivity index (χ2n) is 4.07. The van der Waals surface area contributed by atoms with E-state index in [1.54, 1.807) is 14.2 Å². The average Bonchev–Trinajstić information content (AvgIpc) is 2.28. The Kier molecular flexibility index (Phi) is 4.79. The van der Waals surface area contributed by atoms with E-state index in [0.29, 0.717) is 6.61 Å². The highest BCUT2D eigenvalue weighted by Crippen LogP contribution is 2.18. The number of aryl methyl sites for hydroxylation is 1. The van der Waals surface area contributed by atoms with Crippen molar-refractivity contribution in [1.82, 2.24) is 0 Å². The summed E-state index contributed by atoms with van der Waals surface area (Å²) in [6.45, 7) is 2.72. The van der Waals surface area contributed by atoms with Crippen LogP contribution in [0.3, 0.4) is 0 Å². The minimum absolute atomic E-state index is 0.176. The Bertz CT molecular complexity index is 271. The summed E-state index contributed by atoms with van der Waals surface area (Å²) in [6.07, 6.45) is 2.00. The highest BCUT2D eigenvalue weighted by molar-refractivity contribution is 5.15. The van der Waals surface area contributed by atoms with Crippen LogP contribution in [0.2, 0.25) is 0 Å². The zero-order chi connectivity index (χ0) is 11.1. The predicted molar refractivity (Wildman–Crippen MR) is 62.1 cm³/mol. The van der Waals surface area contributed by atoms with Crippen molar-refractivity contribution in [3.05, 3.63) is 35.9 Å². The molecule has 0 amide bonds. The Labute approximate surface area is 92.2 Å². The molecule has 84 valence electrons. The molecule has 0 aromatic heterocycles. The molecule has 1 aromatic rings. The third-order valence-corrected chi connectivity index (χ3v) is 2.73. The van der Waals surface area contributed by atoms with E-state index in [1.807, 2.05) is 6.07 Å². The van der Waals surface area contributed by atoms with Crippen molar-refractivity contribution in [3.63, 3.8) is 0 Å². The molecule has 1 aromatic carbocycles. The zero-order valence-electron chi connectivity index (χ0n) is 9.82. The minimum Gasteiger partial charge on any atom is -0.382 e. The number of benzene rings is 1. The number of rotatable bonds is 6. The normalized spacial score (nSPS) is 14.9. The Balaban J connectivity index is 2.47. The Morgan fingerprint density at radius 1 is 1.13 bits per heavy atom. The standard InChI is InChI=1S/C13H20O2/c1-13(15-3,11-14-2)10-9-12-7-5-4-6-8-12/h4-8H,9-11H2,1-3H3. The van der Waals surface area contributed by atoms with Gasteiger partial charge in [0.15, 0.2) is 0 Å². The van der Waals surface area contributed by atoms with Gasteiger partial charge in [-0.15, -0.1) is 0 Å². The van der Waals surface area contributed by atoms with Crippen LogP contribution in [0.1, 0.15) is 18.9 Å². The molecule has 0 saturated carbocycles. The van der Waals surface area contributed by atoms with Crippen LogP contribution in [0.5, 0.6) is 0 Å². The molecule has 1 unspecified atom stereocenters. The predicted octanol–water partition coefficient (Wildman–Crippen LogP) is 2.67. The molecule has 0 aliphatic heterocycles. The van der Waals surface area contributed by atoms with Crippen LogP contribution >= 0.6 is 0 Å². The van der Waals surface area contributed by atoms with Gasteiger partial charge in [0.25, 0.3) is 0 Å². The fourth-order valence-electron chi connectivity index (χ4n) is 1.59. The molecular formula is C13H20O2. The summed E-state index contributed by atoms with van der Waals surface area (Å²) in [5, 5.41) is 0. The maximum atomic E-state index is 5.47. The van der Waals surface area contributed by atoms with Gasteiger partial charge in [-0.3, -0.25) is 0 Å². The smallest absolute Gasteiger partial charge is 0.0886 e. The van der Waals surface area contributed by atoms with Crippen LogP contribution in [0.15, 0.2) is 30.3 Å². The summed E-state index contributed by atoms with van der Waals surface area (Å²) in [4.78, 5) is 0. The zero-order valence-corrected chi connectivity index (χ0v) is 9.82. The van der Waals surface area contributed by atoms with Gasteiger partial charge in [-0.05, 0) is 25.3 Å². The fourth-order valence-corrected chi connectivity index (χ4v) is 1.59. The van der Waals surface area contributed by atoms with E-state index in [9.17, 15) is 0 Å². The van der Waals surface area contributed by atoms with Crippen LogP contribution in [0.4, 0.5) is 0 Å². The van der Waals surface area contributed by atoms with Gasteiger partial charge < -0.3 is 9.47 Å². The van der Waals surface area contributed by atoms with Gasteiger partial charge in [-0.2, -0.15) is 0 Å². The van der Waals surface area contributed by atoms with Gasteiger partial charge in [-0.25, -0.2) is 0 Å². The third-order valence-electron chi connectivity index (χ3n) is 2.73. The lowest BCUT2D eigenvalue weighted by Crippen LogP contribution is -2.33. The van der Waals surface area contributed by atoms with E-state index < -0.39 is 0 Å². The third kappa shape index (κ3) is 4.02. The van der Waals surface area contributed by atoms with Gasteiger partial charge in [-0.1, -0.05) is 30.3 Å². The molecule has 0 aliphatic rings. The van der Waals surface area contributed by atoms with E-state index in [-0.39, 0.29) is 5.60 Å². The molecule has 0 bridgehead atoms. The van der Waals surface area contributed by atoms with Crippen molar-refractivity contribution in [2.45, 2.75) is 25.4 Å². The van der Waals surface area contributed by atoms with Gasteiger partial charge >= 0.3 is 0 Å². The maximum Gasteiger partial charge on any atom is 0.0886 e. The summed E-state index contributed by atoms with van der Waals surface area (Å²) >= 11 is 0.